The second kappa shape index (κ2) is 5.89. The SMILES string of the molecule is C=CCN(C)C(=O)c1ccc(I)cc1NC. The maximum atomic E-state index is 12.1. The topological polar surface area (TPSA) is 32.3 Å². The molecule has 0 aliphatic carbocycles. The van der Waals surface area contributed by atoms with Crippen molar-refractivity contribution in [2.75, 3.05) is 26.0 Å². The molecule has 0 aliphatic heterocycles. The van der Waals surface area contributed by atoms with Crippen molar-refractivity contribution < 1.29 is 4.79 Å². The van der Waals surface area contributed by atoms with E-state index in [2.05, 4.69) is 34.5 Å². The van der Waals surface area contributed by atoms with Gasteiger partial charge in [-0.1, -0.05) is 6.08 Å². The van der Waals surface area contributed by atoms with Crippen molar-refractivity contribution in [1.29, 1.82) is 0 Å². The lowest BCUT2D eigenvalue weighted by atomic mass is 10.1. The maximum absolute atomic E-state index is 12.1. The van der Waals surface area contributed by atoms with Gasteiger partial charge in [-0.3, -0.25) is 4.79 Å². The van der Waals surface area contributed by atoms with Crippen LogP contribution >= 0.6 is 22.6 Å². The van der Waals surface area contributed by atoms with Crippen molar-refractivity contribution >= 4 is 34.2 Å². The number of benzene rings is 1. The van der Waals surface area contributed by atoms with Gasteiger partial charge >= 0.3 is 0 Å². The van der Waals surface area contributed by atoms with E-state index in [1.807, 2.05) is 25.2 Å². The third-order valence-corrected chi connectivity index (χ3v) is 2.90. The molecular weight excluding hydrogens is 315 g/mol. The van der Waals surface area contributed by atoms with Crippen molar-refractivity contribution in [1.82, 2.24) is 4.90 Å². The first-order valence-corrected chi connectivity index (χ1v) is 6.01. The largest absolute Gasteiger partial charge is 0.387 e. The quantitative estimate of drug-likeness (QED) is 0.680. The highest BCUT2D eigenvalue weighted by Crippen LogP contribution is 2.19. The Bertz CT molecular complexity index is 404. The van der Waals surface area contributed by atoms with Crippen LogP contribution in [-0.2, 0) is 0 Å². The minimum atomic E-state index is 0.000602. The predicted octanol–water partition coefficient (Wildman–Crippen LogP) is 2.59. The fourth-order valence-corrected chi connectivity index (χ4v) is 1.88. The summed E-state index contributed by atoms with van der Waals surface area (Å²) >= 11 is 2.22. The van der Waals surface area contributed by atoms with Gasteiger partial charge in [0.1, 0.15) is 0 Å². The van der Waals surface area contributed by atoms with Crippen LogP contribution in [0.3, 0.4) is 0 Å². The minimum absolute atomic E-state index is 0.000602. The Morgan fingerprint density at radius 1 is 1.62 bits per heavy atom. The van der Waals surface area contributed by atoms with Crippen LogP contribution in [0.5, 0.6) is 0 Å². The first kappa shape index (κ1) is 13.0. The molecule has 1 amide bonds. The number of carbonyl (C=O) groups is 1. The number of nitrogens with zero attached hydrogens (tertiary/aromatic N) is 1. The lowest BCUT2D eigenvalue weighted by Crippen LogP contribution is -2.27. The molecule has 0 aromatic heterocycles. The van der Waals surface area contributed by atoms with Crippen molar-refractivity contribution in [2.24, 2.45) is 0 Å². The number of halogens is 1. The van der Waals surface area contributed by atoms with Crippen LogP contribution in [0, 0.1) is 3.57 Å². The summed E-state index contributed by atoms with van der Waals surface area (Å²) in [4.78, 5) is 13.7. The van der Waals surface area contributed by atoms with E-state index in [9.17, 15) is 4.79 Å². The third kappa shape index (κ3) is 2.98. The van der Waals surface area contributed by atoms with Crippen LogP contribution < -0.4 is 5.32 Å². The zero-order valence-electron chi connectivity index (χ0n) is 9.46. The van der Waals surface area contributed by atoms with Crippen LogP contribution in [0.1, 0.15) is 10.4 Å². The molecule has 0 heterocycles. The number of hydrogen-bond acceptors (Lipinski definition) is 2. The average molecular weight is 330 g/mol. The average Bonchev–Trinajstić information content (AvgIpc) is 2.28. The van der Waals surface area contributed by atoms with E-state index in [1.54, 1.807) is 18.0 Å². The summed E-state index contributed by atoms with van der Waals surface area (Å²) in [5.74, 6) is 0.000602. The molecule has 0 fully saturated rings. The fourth-order valence-electron chi connectivity index (χ4n) is 1.39. The van der Waals surface area contributed by atoms with Crippen molar-refractivity contribution in [3.05, 3.63) is 40.0 Å². The number of carbonyl (C=O) groups excluding carboxylic acids is 1. The molecule has 4 heteroatoms. The predicted molar refractivity (Wildman–Crippen MR) is 75.9 cm³/mol. The Kier molecular flexibility index (Phi) is 4.79. The molecule has 0 saturated heterocycles. The molecule has 0 saturated carbocycles. The van der Waals surface area contributed by atoms with Crippen LogP contribution in [0.4, 0.5) is 5.69 Å². The van der Waals surface area contributed by atoms with Crippen molar-refractivity contribution in [3.63, 3.8) is 0 Å². The van der Waals surface area contributed by atoms with Gasteiger partial charge in [-0.2, -0.15) is 0 Å². The molecular formula is C12H15IN2O. The van der Waals surface area contributed by atoms with Gasteiger partial charge in [0.15, 0.2) is 0 Å². The van der Waals surface area contributed by atoms with Crippen LogP contribution in [0.25, 0.3) is 0 Å². The van der Waals surface area contributed by atoms with Gasteiger partial charge in [0.2, 0.25) is 0 Å². The molecule has 0 bridgehead atoms. The maximum Gasteiger partial charge on any atom is 0.255 e. The lowest BCUT2D eigenvalue weighted by Gasteiger charge is -2.17. The number of rotatable bonds is 4. The van der Waals surface area contributed by atoms with Crippen LogP contribution in [0.2, 0.25) is 0 Å². The van der Waals surface area contributed by atoms with Gasteiger partial charge in [-0.25, -0.2) is 0 Å². The van der Waals surface area contributed by atoms with E-state index in [0.717, 1.165) is 9.26 Å². The van der Waals surface area contributed by atoms with Crippen molar-refractivity contribution in [2.45, 2.75) is 0 Å². The van der Waals surface area contributed by atoms with Crippen LogP contribution in [-0.4, -0.2) is 31.4 Å². The van der Waals surface area contributed by atoms with E-state index >= 15 is 0 Å². The molecule has 3 nitrogen and oxygen atoms in total. The van der Waals surface area contributed by atoms with Crippen molar-refractivity contribution in [3.8, 4) is 0 Å². The molecule has 0 atom stereocenters. The Morgan fingerprint density at radius 2 is 2.31 bits per heavy atom. The Morgan fingerprint density at radius 3 is 2.88 bits per heavy atom. The molecule has 0 spiro atoms. The Labute approximate surface area is 110 Å². The standard InChI is InChI=1S/C12H15IN2O/c1-4-7-15(3)12(16)10-6-5-9(13)8-11(10)14-2/h4-6,8,14H,1,7H2,2-3H3. The Balaban J connectivity index is 3.03. The highest BCUT2D eigenvalue weighted by molar-refractivity contribution is 14.1. The van der Waals surface area contributed by atoms with E-state index in [-0.39, 0.29) is 5.91 Å². The summed E-state index contributed by atoms with van der Waals surface area (Å²) in [5.41, 5.74) is 1.54. The number of anilines is 1. The molecule has 16 heavy (non-hydrogen) atoms. The zero-order valence-corrected chi connectivity index (χ0v) is 11.6. The third-order valence-electron chi connectivity index (χ3n) is 2.23. The smallest absolute Gasteiger partial charge is 0.255 e. The molecule has 1 aromatic carbocycles. The van der Waals surface area contributed by atoms with Gasteiger partial charge in [-0.05, 0) is 40.8 Å². The monoisotopic (exact) mass is 330 g/mol. The summed E-state index contributed by atoms with van der Waals surface area (Å²) in [6.45, 7) is 4.17. The zero-order chi connectivity index (χ0) is 12.1. The molecule has 1 rings (SSSR count). The van der Waals surface area contributed by atoms with Gasteiger partial charge in [0.25, 0.3) is 5.91 Å². The second-order valence-electron chi connectivity index (χ2n) is 3.41. The lowest BCUT2D eigenvalue weighted by molar-refractivity contribution is 0.0811. The summed E-state index contributed by atoms with van der Waals surface area (Å²) in [6, 6.07) is 5.72. The molecule has 86 valence electrons. The number of likely N-dealkylation sites (N-methyl/N-ethyl adjacent to an activating group) is 1. The fraction of sp³-hybridized carbons (Fsp3) is 0.250. The Hall–Kier alpha value is -1.04. The molecule has 1 N–H and O–H groups in total. The van der Waals surface area contributed by atoms with Gasteiger partial charge in [-0.15, -0.1) is 6.58 Å². The van der Waals surface area contributed by atoms with E-state index < -0.39 is 0 Å². The normalized spacial score (nSPS) is 9.69. The van der Waals surface area contributed by atoms with Gasteiger partial charge in [0.05, 0.1) is 5.56 Å². The minimum Gasteiger partial charge on any atom is -0.387 e. The second-order valence-corrected chi connectivity index (χ2v) is 4.66. The van der Waals surface area contributed by atoms with Gasteiger partial charge in [0, 0.05) is 29.9 Å². The summed E-state index contributed by atoms with van der Waals surface area (Å²) < 4.78 is 1.10. The van der Waals surface area contributed by atoms with E-state index in [4.69, 9.17) is 0 Å². The highest BCUT2D eigenvalue weighted by Gasteiger charge is 2.14. The van der Waals surface area contributed by atoms with Gasteiger partial charge < -0.3 is 10.2 Å². The number of hydrogen-bond donors (Lipinski definition) is 1. The summed E-state index contributed by atoms with van der Waals surface area (Å²) in [5, 5.41) is 3.04. The molecule has 0 aliphatic rings. The number of amides is 1. The summed E-state index contributed by atoms with van der Waals surface area (Å²) in [7, 11) is 3.58. The number of nitrogens with one attached hydrogen (secondary N) is 1. The highest BCUT2D eigenvalue weighted by atomic mass is 127. The first-order chi connectivity index (χ1) is 7.60. The van der Waals surface area contributed by atoms with E-state index in [1.165, 1.54) is 0 Å². The molecule has 1 aromatic rings. The first-order valence-electron chi connectivity index (χ1n) is 4.93. The summed E-state index contributed by atoms with van der Waals surface area (Å²) in [6.07, 6.45) is 1.71. The van der Waals surface area contributed by atoms with E-state index in [0.29, 0.717) is 12.1 Å². The van der Waals surface area contributed by atoms with Crippen LogP contribution in [0.15, 0.2) is 30.9 Å². The molecule has 0 radical (unpaired) electrons. The molecule has 0 unspecified atom stereocenters.